The van der Waals surface area contributed by atoms with Crippen LogP contribution in [-0.4, -0.2) is 45.1 Å². The largest absolute Gasteiger partial charge is 0.490 e. The van der Waals surface area contributed by atoms with Crippen LogP contribution < -0.4 is 14.4 Å². The quantitative estimate of drug-likeness (QED) is 0.559. The van der Waals surface area contributed by atoms with Gasteiger partial charge >= 0.3 is 0 Å². The molecule has 1 aromatic carbocycles. The van der Waals surface area contributed by atoms with E-state index in [1.807, 2.05) is 24.3 Å². The van der Waals surface area contributed by atoms with E-state index in [-0.39, 0.29) is 0 Å². The molecule has 1 aliphatic heterocycles. The first-order chi connectivity index (χ1) is 11.2. The number of hydrogen-bond donors (Lipinski definition) is 1. The molecule has 128 valence electrons. The van der Waals surface area contributed by atoms with Gasteiger partial charge < -0.3 is 19.1 Å². The van der Waals surface area contributed by atoms with Gasteiger partial charge in [0.1, 0.15) is 31.9 Å². The molecule has 1 saturated heterocycles. The molecular formula is C19H30NO3+. The molecule has 0 saturated carbocycles. The van der Waals surface area contributed by atoms with Gasteiger partial charge in [-0.15, -0.1) is 0 Å². The topological polar surface area (TPSA) is 32.1 Å². The average Bonchev–Trinajstić information content (AvgIpc) is 2.52. The highest BCUT2D eigenvalue weighted by Crippen LogP contribution is 2.26. The van der Waals surface area contributed by atoms with Gasteiger partial charge in [0.15, 0.2) is 11.5 Å². The Morgan fingerprint density at radius 2 is 1.78 bits per heavy atom. The summed E-state index contributed by atoms with van der Waals surface area (Å²) in [6, 6.07) is 7.81. The van der Waals surface area contributed by atoms with Crippen LogP contribution in [0.5, 0.6) is 11.5 Å². The van der Waals surface area contributed by atoms with E-state index >= 15 is 0 Å². The molecule has 0 unspecified atom stereocenters. The Hall–Kier alpha value is -1.52. The maximum atomic E-state index is 5.87. The highest BCUT2D eigenvalue weighted by molar-refractivity contribution is 5.39. The third-order valence-corrected chi connectivity index (χ3v) is 4.00. The number of hydrogen-bond acceptors (Lipinski definition) is 3. The van der Waals surface area contributed by atoms with Crippen molar-refractivity contribution in [2.45, 2.75) is 38.9 Å². The van der Waals surface area contributed by atoms with Crippen molar-refractivity contribution in [3.05, 3.63) is 36.9 Å². The summed E-state index contributed by atoms with van der Waals surface area (Å²) in [5, 5.41) is 0. The lowest BCUT2D eigenvalue weighted by Crippen LogP contribution is -3.15. The Labute approximate surface area is 140 Å². The summed E-state index contributed by atoms with van der Waals surface area (Å²) in [5.74, 6) is 1.60. The molecule has 0 aromatic heterocycles. The van der Waals surface area contributed by atoms with Crippen molar-refractivity contribution >= 4 is 0 Å². The fraction of sp³-hybridized carbons (Fsp3) is 0.579. The van der Waals surface area contributed by atoms with Crippen LogP contribution in [0.1, 0.15) is 26.7 Å². The van der Waals surface area contributed by atoms with Crippen LogP contribution in [0.2, 0.25) is 0 Å². The fourth-order valence-electron chi connectivity index (χ4n) is 3.09. The molecule has 1 heterocycles. The SMILES string of the molecule is C=CCOc1ccccc1OCCCC[NH+]1C[C@H](C)O[C@@H](C)C1. The minimum Gasteiger partial charge on any atom is -0.490 e. The van der Waals surface area contributed by atoms with Crippen LogP contribution in [0.3, 0.4) is 0 Å². The van der Waals surface area contributed by atoms with Gasteiger partial charge in [0.05, 0.1) is 13.2 Å². The van der Waals surface area contributed by atoms with E-state index in [0.29, 0.717) is 18.8 Å². The van der Waals surface area contributed by atoms with Crippen molar-refractivity contribution in [2.24, 2.45) is 0 Å². The molecule has 4 heteroatoms. The normalized spacial score (nSPS) is 24.2. The van der Waals surface area contributed by atoms with Crippen molar-refractivity contribution in [3.8, 4) is 11.5 Å². The highest BCUT2D eigenvalue weighted by atomic mass is 16.5. The number of morpholine rings is 1. The van der Waals surface area contributed by atoms with Crippen molar-refractivity contribution in [3.63, 3.8) is 0 Å². The lowest BCUT2D eigenvalue weighted by molar-refractivity contribution is -0.915. The van der Waals surface area contributed by atoms with Crippen molar-refractivity contribution in [2.75, 3.05) is 32.8 Å². The number of unbranched alkanes of at least 4 members (excludes halogenated alkanes) is 1. The first-order valence-corrected chi connectivity index (χ1v) is 8.63. The lowest BCUT2D eigenvalue weighted by Gasteiger charge is -2.32. The molecule has 1 aromatic rings. The second kappa shape index (κ2) is 9.58. The molecule has 0 radical (unpaired) electrons. The van der Waals surface area contributed by atoms with Crippen LogP contribution in [0.25, 0.3) is 0 Å². The Kier molecular flexibility index (Phi) is 7.43. The molecule has 2 rings (SSSR count). The van der Waals surface area contributed by atoms with E-state index in [0.717, 1.165) is 37.6 Å². The van der Waals surface area contributed by atoms with E-state index in [1.54, 1.807) is 11.0 Å². The molecule has 2 atom stereocenters. The van der Waals surface area contributed by atoms with Gasteiger partial charge in [0.2, 0.25) is 0 Å². The molecular weight excluding hydrogens is 290 g/mol. The third kappa shape index (κ3) is 6.24. The minimum absolute atomic E-state index is 0.374. The fourth-order valence-corrected chi connectivity index (χ4v) is 3.09. The maximum absolute atomic E-state index is 5.87. The number of quaternary nitrogens is 1. The van der Waals surface area contributed by atoms with Crippen LogP contribution in [0.4, 0.5) is 0 Å². The summed E-state index contributed by atoms with van der Waals surface area (Å²) in [6.45, 7) is 12.6. The predicted molar refractivity (Wildman–Crippen MR) is 92.4 cm³/mol. The van der Waals surface area contributed by atoms with Crippen LogP contribution in [0, 0.1) is 0 Å². The van der Waals surface area contributed by atoms with E-state index in [9.17, 15) is 0 Å². The van der Waals surface area contributed by atoms with Crippen molar-refractivity contribution in [1.29, 1.82) is 0 Å². The molecule has 0 spiro atoms. The highest BCUT2D eigenvalue weighted by Gasteiger charge is 2.24. The average molecular weight is 320 g/mol. The summed E-state index contributed by atoms with van der Waals surface area (Å²) in [7, 11) is 0. The van der Waals surface area contributed by atoms with E-state index in [4.69, 9.17) is 14.2 Å². The maximum Gasteiger partial charge on any atom is 0.161 e. The Morgan fingerprint density at radius 3 is 2.43 bits per heavy atom. The first kappa shape index (κ1) is 17.8. The van der Waals surface area contributed by atoms with Crippen molar-refractivity contribution < 1.29 is 19.1 Å². The minimum atomic E-state index is 0.374. The van der Waals surface area contributed by atoms with Crippen LogP contribution >= 0.6 is 0 Å². The predicted octanol–water partition coefficient (Wildman–Crippen LogP) is 2.10. The number of benzene rings is 1. The Morgan fingerprint density at radius 1 is 1.13 bits per heavy atom. The van der Waals surface area contributed by atoms with Crippen LogP contribution in [-0.2, 0) is 4.74 Å². The Bertz CT molecular complexity index is 467. The molecule has 1 aliphatic rings. The number of para-hydroxylation sites is 2. The molecule has 0 aliphatic carbocycles. The molecule has 1 fully saturated rings. The summed E-state index contributed by atoms with van der Waals surface area (Å²) in [6.07, 6.45) is 4.72. The smallest absolute Gasteiger partial charge is 0.161 e. The number of ether oxygens (including phenoxy) is 3. The van der Waals surface area contributed by atoms with E-state index < -0.39 is 0 Å². The van der Waals surface area contributed by atoms with Gasteiger partial charge in [-0.3, -0.25) is 0 Å². The van der Waals surface area contributed by atoms with E-state index in [1.165, 1.54) is 13.0 Å². The van der Waals surface area contributed by atoms with Gasteiger partial charge in [-0.05, 0) is 38.8 Å². The first-order valence-electron chi connectivity index (χ1n) is 8.63. The zero-order valence-corrected chi connectivity index (χ0v) is 14.4. The molecule has 0 bridgehead atoms. The summed E-state index contributed by atoms with van der Waals surface area (Å²) in [5.41, 5.74) is 0. The molecule has 1 N–H and O–H groups in total. The molecule has 0 amide bonds. The molecule has 23 heavy (non-hydrogen) atoms. The zero-order valence-electron chi connectivity index (χ0n) is 14.4. The standard InChI is InChI=1S/C19H29NO3/c1-4-12-21-18-9-5-6-10-19(18)22-13-8-7-11-20-14-16(2)23-17(3)15-20/h4-6,9-10,16-17H,1,7-8,11-15H2,2-3H3/p+1/t16-,17-/m0/s1. The molecule has 4 nitrogen and oxygen atoms in total. The van der Waals surface area contributed by atoms with Crippen molar-refractivity contribution in [1.82, 2.24) is 0 Å². The monoisotopic (exact) mass is 320 g/mol. The van der Waals surface area contributed by atoms with Gasteiger partial charge in [-0.2, -0.15) is 0 Å². The summed E-state index contributed by atoms with van der Waals surface area (Å²) in [4.78, 5) is 1.64. The van der Waals surface area contributed by atoms with Gasteiger partial charge in [-0.1, -0.05) is 24.8 Å². The van der Waals surface area contributed by atoms with Gasteiger partial charge in [0.25, 0.3) is 0 Å². The van der Waals surface area contributed by atoms with Gasteiger partial charge in [-0.25, -0.2) is 0 Å². The number of nitrogens with one attached hydrogen (secondary N) is 1. The number of rotatable bonds is 9. The zero-order chi connectivity index (χ0) is 16.5. The van der Waals surface area contributed by atoms with Crippen LogP contribution in [0.15, 0.2) is 36.9 Å². The summed E-state index contributed by atoms with van der Waals surface area (Å²) >= 11 is 0. The Balaban J connectivity index is 1.66. The second-order valence-corrected chi connectivity index (χ2v) is 6.27. The summed E-state index contributed by atoms with van der Waals surface area (Å²) < 4.78 is 17.3. The third-order valence-electron chi connectivity index (χ3n) is 4.00. The lowest BCUT2D eigenvalue weighted by atomic mass is 10.2. The van der Waals surface area contributed by atoms with Gasteiger partial charge in [0, 0.05) is 0 Å². The van der Waals surface area contributed by atoms with E-state index in [2.05, 4.69) is 20.4 Å². The second-order valence-electron chi connectivity index (χ2n) is 6.27.